The summed E-state index contributed by atoms with van der Waals surface area (Å²) in [6.07, 6.45) is 0. The highest BCUT2D eigenvalue weighted by Crippen LogP contribution is 2.21. The van der Waals surface area contributed by atoms with Crippen molar-refractivity contribution in [2.75, 3.05) is 12.9 Å². The maximum absolute atomic E-state index is 8.35. The summed E-state index contributed by atoms with van der Waals surface area (Å²) < 4.78 is 5.04. The summed E-state index contributed by atoms with van der Waals surface area (Å²) >= 11 is 1.51. The van der Waals surface area contributed by atoms with Gasteiger partial charge in [-0.05, 0) is 18.2 Å². The lowest BCUT2D eigenvalue weighted by Gasteiger charge is -2.00. The average molecular weight is 179 g/mol. The molecule has 0 atom stereocenters. The molecule has 0 aromatic heterocycles. The Morgan fingerprint density at radius 3 is 3.08 bits per heavy atom. The number of nitriles is 1. The fraction of sp³-hybridized carbons (Fsp3) is 0.222. The fourth-order valence-electron chi connectivity index (χ4n) is 0.807. The standard InChI is InChI=1S/C9H9NOS/c1-11-8-3-2-4-9(7-8)12-6-5-10/h2-4,7H,6H2,1H3. The third-order valence-corrected chi connectivity index (χ3v) is 2.21. The molecule has 0 aliphatic heterocycles. The molecule has 0 radical (unpaired) electrons. The van der Waals surface area contributed by atoms with Crippen LogP contribution in [0.2, 0.25) is 0 Å². The van der Waals surface area contributed by atoms with E-state index in [0.29, 0.717) is 5.75 Å². The van der Waals surface area contributed by atoms with Gasteiger partial charge in [-0.15, -0.1) is 11.8 Å². The number of rotatable bonds is 3. The van der Waals surface area contributed by atoms with Gasteiger partial charge in [0.2, 0.25) is 0 Å². The van der Waals surface area contributed by atoms with E-state index in [4.69, 9.17) is 10.00 Å². The van der Waals surface area contributed by atoms with Gasteiger partial charge in [-0.2, -0.15) is 5.26 Å². The predicted octanol–water partition coefficient (Wildman–Crippen LogP) is 2.31. The van der Waals surface area contributed by atoms with E-state index in [1.807, 2.05) is 24.3 Å². The van der Waals surface area contributed by atoms with Crippen LogP contribution in [0.5, 0.6) is 5.75 Å². The zero-order chi connectivity index (χ0) is 8.81. The van der Waals surface area contributed by atoms with E-state index in [1.165, 1.54) is 11.8 Å². The van der Waals surface area contributed by atoms with Gasteiger partial charge in [-0.25, -0.2) is 0 Å². The normalized spacial score (nSPS) is 9.00. The van der Waals surface area contributed by atoms with Gasteiger partial charge in [-0.1, -0.05) is 6.07 Å². The van der Waals surface area contributed by atoms with Gasteiger partial charge >= 0.3 is 0 Å². The summed E-state index contributed by atoms with van der Waals surface area (Å²) in [6, 6.07) is 9.76. The van der Waals surface area contributed by atoms with Crippen LogP contribution in [0.4, 0.5) is 0 Å². The van der Waals surface area contributed by atoms with E-state index in [9.17, 15) is 0 Å². The Morgan fingerprint density at radius 1 is 1.58 bits per heavy atom. The van der Waals surface area contributed by atoms with E-state index in [-0.39, 0.29) is 0 Å². The van der Waals surface area contributed by atoms with Crippen LogP contribution in [-0.2, 0) is 0 Å². The van der Waals surface area contributed by atoms with Gasteiger partial charge in [-0.3, -0.25) is 0 Å². The summed E-state index contributed by atoms with van der Waals surface area (Å²) in [5.41, 5.74) is 0. The Balaban J connectivity index is 2.67. The fourth-order valence-corrected chi connectivity index (χ4v) is 1.41. The summed E-state index contributed by atoms with van der Waals surface area (Å²) in [5, 5.41) is 8.35. The van der Waals surface area contributed by atoms with Gasteiger partial charge in [0.05, 0.1) is 18.9 Å². The van der Waals surface area contributed by atoms with Gasteiger partial charge in [0.25, 0.3) is 0 Å². The molecule has 1 rings (SSSR count). The molecule has 0 heterocycles. The first-order valence-electron chi connectivity index (χ1n) is 3.50. The van der Waals surface area contributed by atoms with E-state index < -0.39 is 0 Å². The summed E-state index contributed by atoms with van der Waals surface area (Å²) in [5.74, 6) is 1.31. The van der Waals surface area contributed by atoms with Crippen molar-refractivity contribution in [3.63, 3.8) is 0 Å². The summed E-state index contributed by atoms with van der Waals surface area (Å²) in [6.45, 7) is 0. The van der Waals surface area contributed by atoms with Crippen LogP contribution < -0.4 is 4.74 Å². The molecule has 0 fully saturated rings. The van der Waals surface area contributed by atoms with E-state index in [0.717, 1.165) is 10.6 Å². The van der Waals surface area contributed by atoms with Crippen molar-refractivity contribution in [2.45, 2.75) is 4.90 Å². The maximum atomic E-state index is 8.35. The Labute approximate surface area is 76.2 Å². The highest BCUT2D eigenvalue weighted by Gasteiger charge is 1.94. The number of methoxy groups -OCH3 is 1. The van der Waals surface area contributed by atoms with Crippen LogP contribution in [-0.4, -0.2) is 12.9 Å². The quantitative estimate of drug-likeness (QED) is 0.667. The summed E-state index contributed by atoms with van der Waals surface area (Å²) in [4.78, 5) is 1.07. The smallest absolute Gasteiger partial charge is 0.119 e. The molecule has 0 unspecified atom stereocenters. The molecule has 0 aliphatic carbocycles. The molecule has 0 spiro atoms. The van der Waals surface area contributed by atoms with Crippen molar-refractivity contribution in [1.29, 1.82) is 5.26 Å². The predicted molar refractivity (Wildman–Crippen MR) is 49.3 cm³/mol. The highest BCUT2D eigenvalue weighted by atomic mass is 32.2. The second-order valence-corrected chi connectivity index (χ2v) is 3.17. The number of ether oxygens (including phenoxy) is 1. The molecule has 3 heteroatoms. The zero-order valence-corrected chi connectivity index (χ0v) is 7.60. The number of nitrogens with zero attached hydrogens (tertiary/aromatic N) is 1. The van der Waals surface area contributed by atoms with E-state index in [2.05, 4.69) is 6.07 Å². The van der Waals surface area contributed by atoms with E-state index in [1.54, 1.807) is 7.11 Å². The lowest BCUT2D eigenvalue weighted by atomic mass is 10.3. The number of hydrogen-bond acceptors (Lipinski definition) is 3. The van der Waals surface area contributed by atoms with Crippen molar-refractivity contribution in [3.05, 3.63) is 24.3 Å². The molecule has 0 saturated carbocycles. The SMILES string of the molecule is COc1cccc(SCC#N)c1. The molecular formula is C9H9NOS. The van der Waals surface area contributed by atoms with Crippen LogP contribution in [0, 0.1) is 11.3 Å². The van der Waals surface area contributed by atoms with Crippen LogP contribution in [0.3, 0.4) is 0 Å². The molecule has 0 aliphatic rings. The van der Waals surface area contributed by atoms with Gasteiger partial charge in [0.15, 0.2) is 0 Å². The number of hydrogen-bond donors (Lipinski definition) is 0. The molecule has 2 nitrogen and oxygen atoms in total. The molecule has 62 valence electrons. The molecule has 1 aromatic rings. The lowest BCUT2D eigenvalue weighted by molar-refractivity contribution is 0.413. The minimum absolute atomic E-state index is 0.479. The first-order valence-corrected chi connectivity index (χ1v) is 4.49. The third-order valence-electron chi connectivity index (χ3n) is 1.34. The monoisotopic (exact) mass is 179 g/mol. The second kappa shape index (κ2) is 4.68. The van der Waals surface area contributed by atoms with Crippen molar-refractivity contribution in [3.8, 4) is 11.8 Å². The summed E-state index contributed by atoms with van der Waals surface area (Å²) in [7, 11) is 1.63. The van der Waals surface area contributed by atoms with Crippen molar-refractivity contribution >= 4 is 11.8 Å². The minimum atomic E-state index is 0.479. The lowest BCUT2D eigenvalue weighted by Crippen LogP contribution is -1.82. The maximum Gasteiger partial charge on any atom is 0.119 e. The number of thioether (sulfide) groups is 1. The molecule has 1 aromatic carbocycles. The van der Waals surface area contributed by atoms with Crippen LogP contribution in [0.15, 0.2) is 29.2 Å². The molecular weight excluding hydrogens is 170 g/mol. The molecule has 0 saturated heterocycles. The topological polar surface area (TPSA) is 33.0 Å². The van der Waals surface area contributed by atoms with Crippen LogP contribution in [0.25, 0.3) is 0 Å². The Morgan fingerprint density at radius 2 is 2.42 bits per heavy atom. The largest absolute Gasteiger partial charge is 0.497 e. The Hall–Kier alpha value is -1.14. The number of benzene rings is 1. The minimum Gasteiger partial charge on any atom is -0.497 e. The van der Waals surface area contributed by atoms with Crippen molar-refractivity contribution in [2.24, 2.45) is 0 Å². The first kappa shape index (κ1) is 8.95. The highest BCUT2D eigenvalue weighted by molar-refractivity contribution is 7.99. The van der Waals surface area contributed by atoms with Gasteiger partial charge in [0, 0.05) is 4.90 Å². The van der Waals surface area contributed by atoms with Crippen LogP contribution >= 0.6 is 11.8 Å². The first-order chi connectivity index (χ1) is 5.86. The van der Waals surface area contributed by atoms with Crippen molar-refractivity contribution < 1.29 is 4.74 Å². The molecule has 0 N–H and O–H groups in total. The van der Waals surface area contributed by atoms with Crippen molar-refractivity contribution in [1.82, 2.24) is 0 Å². The average Bonchev–Trinajstić information content (AvgIpc) is 2.15. The molecule has 0 bridgehead atoms. The molecule has 12 heavy (non-hydrogen) atoms. The Kier molecular flexibility index (Phi) is 3.49. The Bertz CT molecular complexity index is 293. The van der Waals surface area contributed by atoms with Crippen LogP contribution in [0.1, 0.15) is 0 Å². The van der Waals surface area contributed by atoms with Gasteiger partial charge < -0.3 is 4.74 Å². The molecule has 0 amide bonds. The second-order valence-electron chi connectivity index (χ2n) is 2.13. The zero-order valence-electron chi connectivity index (χ0n) is 6.78. The van der Waals surface area contributed by atoms with Gasteiger partial charge in [0.1, 0.15) is 5.75 Å². The van der Waals surface area contributed by atoms with E-state index >= 15 is 0 Å². The third kappa shape index (κ3) is 2.48.